The van der Waals surface area contributed by atoms with Crippen LogP contribution in [0.1, 0.15) is 32.6 Å². The summed E-state index contributed by atoms with van der Waals surface area (Å²) in [7, 11) is 0. The zero-order chi connectivity index (χ0) is 13.4. The third-order valence-electron chi connectivity index (χ3n) is 4.31. The second-order valence-electron chi connectivity index (χ2n) is 5.83. The molecule has 1 saturated carbocycles. The van der Waals surface area contributed by atoms with Crippen molar-refractivity contribution < 1.29 is 0 Å². The lowest BCUT2D eigenvalue weighted by molar-refractivity contribution is 0.266. The van der Waals surface area contributed by atoms with Gasteiger partial charge in [0, 0.05) is 11.0 Å². The molecule has 0 unspecified atom stereocenters. The van der Waals surface area contributed by atoms with Crippen LogP contribution in [-0.4, -0.2) is 9.55 Å². The SMILES string of the molecule is CC1CCC(Cn2c(=S)[nH]c3cc(Br)ccc32)CC1. The summed E-state index contributed by atoms with van der Waals surface area (Å²) < 4.78 is 4.22. The minimum Gasteiger partial charge on any atom is -0.331 e. The van der Waals surface area contributed by atoms with E-state index in [1.807, 2.05) is 0 Å². The lowest BCUT2D eigenvalue weighted by Gasteiger charge is -2.26. The van der Waals surface area contributed by atoms with Crippen molar-refractivity contribution in [3.05, 3.63) is 27.4 Å². The average Bonchev–Trinajstić information content (AvgIpc) is 2.68. The van der Waals surface area contributed by atoms with Crippen LogP contribution in [-0.2, 0) is 6.54 Å². The van der Waals surface area contributed by atoms with E-state index in [9.17, 15) is 0 Å². The van der Waals surface area contributed by atoms with Crippen molar-refractivity contribution in [3.63, 3.8) is 0 Å². The van der Waals surface area contributed by atoms with Gasteiger partial charge in [0.1, 0.15) is 0 Å². The Hall–Kier alpha value is -0.610. The molecule has 2 aromatic rings. The number of fused-ring (bicyclic) bond motifs is 1. The summed E-state index contributed by atoms with van der Waals surface area (Å²) in [5.41, 5.74) is 2.36. The molecule has 0 atom stereocenters. The molecular formula is C15H19BrN2S. The highest BCUT2D eigenvalue weighted by Crippen LogP contribution is 2.30. The summed E-state index contributed by atoms with van der Waals surface area (Å²) in [5, 5.41) is 0. The molecule has 102 valence electrons. The number of H-pyrrole nitrogens is 1. The number of imidazole rings is 1. The molecule has 1 aliphatic rings. The predicted octanol–water partition coefficient (Wildman–Crippen LogP) is 5.29. The minimum absolute atomic E-state index is 0.783. The number of aromatic nitrogens is 2. The number of nitrogens with one attached hydrogen (secondary N) is 1. The van der Waals surface area contributed by atoms with E-state index in [1.54, 1.807) is 0 Å². The van der Waals surface area contributed by atoms with Gasteiger partial charge in [-0.15, -0.1) is 0 Å². The third kappa shape index (κ3) is 2.79. The van der Waals surface area contributed by atoms with Gasteiger partial charge < -0.3 is 9.55 Å². The Bertz CT molecular complexity index is 635. The molecule has 0 bridgehead atoms. The molecule has 0 spiro atoms. The van der Waals surface area contributed by atoms with Gasteiger partial charge in [-0.2, -0.15) is 0 Å². The monoisotopic (exact) mass is 338 g/mol. The van der Waals surface area contributed by atoms with Gasteiger partial charge in [-0.25, -0.2) is 0 Å². The molecule has 0 radical (unpaired) electrons. The molecular weight excluding hydrogens is 320 g/mol. The highest BCUT2D eigenvalue weighted by atomic mass is 79.9. The molecule has 19 heavy (non-hydrogen) atoms. The van der Waals surface area contributed by atoms with Gasteiger partial charge in [0.15, 0.2) is 4.77 Å². The van der Waals surface area contributed by atoms with Crippen LogP contribution in [0.2, 0.25) is 0 Å². The molecule has 1 fully saturated rings. The van der Waals surface area contributed by atoms with E-state index >= 15 is 0 Å². The Morgan fingerprint density at radius 1 is 1.32 bits per heavy atom. The zero-order valence-electron chi connectivity index (χ0n) is 11.2. The first-order valence-corrected chi connectivity index (χ1v) is 8.21. The van der Waals surface area contributed by atoms with E-state index in [0.29, 0.717) is 0 Å². The summed E-state index contributed by atoms with van der Waals surface area (Å²) in [6.45, 7) is 3.43. The Morgan fingerprint density at radius 3 is 2.79 bits per heavy atom. The molecule has 1 aromatic carbocycles. The van der Waals surface area contributed by atoms with Crippen LogP contribution >= 0.6 is 28.1 Å². The Morgan fingerprint density at radius 2 is 2.05 bits per heavy atom. The van der Waals surface area contributed by atoms with Crippen molar-refractivity contribution in [1.82, 2.24) is 9.55 Å². The maximum absolute atomic E-state index is 5.48. The molecule has 1 aromatic heterocycles. The number of rotatable bonds is 2. The van der Waals surface area contributed by atoms with Gasteiger partial charge in [0.05, 0.1) is 11.0 Å². The average molecular weight is 339 g/mol. The number of halogens is 1. The zero-order valence-corrected chi connectivity index (χ0v) is 13.6. The summed E-state index contributed by atoms with van der Waals surface area (Å²) >= 11 is 8.99. The molecule has 4 heteroatoms. The lowest BCUT2D eigenvalue weighted by atomic mass is 9.83. The van der Waals surface area contributed by atoms with Gasteiger partial charge in [-0.1, -0.05) is 35.7 Å². The predicted molar refractivity (Wildman–Crippen MR) is 85.9 cm³/mol. The van der Waals surface area contributed by atoms with Crippen molar-refractivity contribution in [1.29, 1.82) is 0 Å². The topological polar surface area (TPSA) is 20.7 Å². The van der Waals surface area contributed by atoms with Crippen molar-refractivity contribution in [2.75, 3.05) is 0 Å². The standard InChI is InChI=1S/C15H19BrN2S/c1-10-2-4-11(5-3-10)9-18-14-7-6-12(16)8-13(14)17-15(18)19/h6-8,10-11H,2-5,9H2,1H3,(H,17,19). The molecule has 1 heterocycles. The number of aromatic amines is 1. The smallest absolute Gasteiger partial charge is 0.178 e. The quantitative estimate of drug-likeness (QED) is 0.738. The van der Waals surface area contributed by atoms with Crippen LogP contribution in [0.15, 0.2) is 22.7 Å². The van der Waals surface area contributed by atoms with Crippen molar-refractivity contribution in [3.8, 4) is 0 Å². The maximum atomic E-state index is 5.48. The number of benzene rings is 1. The van der Waals surface area contributed by atoms with E-state index in [2.05, 4.69) is 50.6 Å². The van der Waals surface area contributed by atoms with Gasteiger partial charge in [-0.3, -0.25) is 0 Å². The highest BCUT2D eigenvalue weighted by Gasteiger charge is 2.19. The summed E-state index contributed by atoms with van der Waals surface area (Å²) in [5.74, 6) is 1.69. The van der Waals surface area contributed by atoms with E-state index in [1.165, 1.54) is 31.2 Å². The normalized spacial score (nSPS) is 23.9. The second kappa shape index (κ2) is 5.41. The fourth-order valence-electron chi connectivity index (χ4n) is 3.09. The number of hydrogen-bond donors (Lipinski definition) is 1. The van der Waals surface area contributed by atoms with E-state index in [0.717, 1.165) is 33.1 Å². The Labute approximate surface area is 127 Å². The summed E-state index contributed by atoms with van der Waals surface area (Å²) in [4.78, 5) is 3.31. The van der Waals surface area contributed by atoms with Crippen LogP contribution in [0.5, 0.6) is 0 Å². The van der Waals surface area contributed by atoms with Crippen molar-refractivity contribution >= 4 is 39.2 Å². The highest BCUT2D eigenvalue weighted by molar-refractivity contribution is 9.10. The van der Waals surface area contributed by atoms with Crippen LogP contribution in [0.4, 0.5) is 0 Å². The van der Waals surface area contributed by atoms with Gasteiger partial charge >= 0.3 is 0 Å². The molecule has 1 aliphatic carbocycles. The molecule has 2 nitrogen and oxygen atoms in total. The van der Waals surface area contributed by atoms with Gasteiger partial charge in [0.2, 0.25) is 0 Å². The Balaban J connectivity index is 1.88. The number of nitrogens with zero attached hydrogens (tertiary/aromatic N) is 1. The van der Waals surface area contributed by atoms with Crippen molar-refractivity contribution in [2.24, 2.45) is 11.8 Å². The molecule has 0 amide bonds. The summed E-state index contributed by atoms with van der Waals surface area (Å²) in [6.07, 6.45) is 5.41. The minimum atomic E-state index is 0.783. The van der Waals surface area contributed by atoms with Crippen LogP contribution in [0.3, 0.4) is 0 Å². The van der Waals surface area contributed by atoms with E-state index in [-0.39, 0.29) is 0 Å². The first kappa shape index (κ1) is 13.4. The largest absolute Gasteiger partial charge is 0.331 e. The maximum Gasteiger partial charge on any atom is 0.178 e. The van der Waals surface area contributed by atoms with Crippen LogP contribution in [0.25, 0.3) is 11.0 Å². The first-order chi connectivity index (χ1) is 9.13. The molecule has 0 aliphatic heterocycles. The second-order valence-corrected chi connectivity index (χ2v) is 7.13. The molecule has 1 N–H and O–H groups in total. The van der Waals surface area contributed by atoms with E-state index < -0.39 is 0 Å². The fourth-order valence-corrected chi connectivity index (χ4v) is 3.73. The third-order valence-corrected chi connectivity index (χ3v) is 5.13. The Kier molecular flexibility index (Phi) is 3.81. The fraction of sp³-hybridized carbons (Fsp3) is 0.533. The van der Waals surface area contributed by atoms with Gasteiger partial charge in [0.25, 0.3) is 0 Å². The van der Waals surface area contributed by atoms with Crippen LogP contribution in [0, 0.1) is 16.6 Å². The lowest BCUT2D eigenvalue weighted by Crippen LogP contribution is -2.17. The van der Waals surface area contributed by atoms with Crippen LogP contribution < -0.4 is 0 Å². The van der Waals surface area contributed by atoms with Gasteiger partial charge in [-0.05, 0) is 55.1 Å². The molecule has 3 rings (SSSR count). The molecule has 0 saturated heterocycles. The number of hydrogen-bond acceptors (Lipinski definition) is 1. The van der Waals surface area contributed by atoms with Crippen molar-refractivity contribution in [2.45, 2.75) is 39.2 Å². The first-order valence-electron chi connectivity index (χ1n) is 7.01. The summed E-state index contributed by atoms with van der Waals surface area (Å²) in [6, 6.07) is 6.34. The van der Waals surface area contributed by atoms with E-state index in [4.69, 9.17) is 12.2 Å².